The molecule has 0 spiro atoms. The van der Waals surface area contributed by atoms with Crippen LogP contribution in [0, 0.1) is 0 Å². The molecule has 0 bridgehead atoms. The van der Waals surface area contributed by atoms with E-state index in [0.29, 0.717) is 5.75 Å². The second-order valence-electron chi connectivity index (χ2n) is 5.31. The highest BCUT2D eigenvalue weighted by molar-refractivity contribution is 7.08. The van der Waals surface area contributed by atoms with E-state index >= 15 is 0 Å². The summed E-state index contributed by atoms with van der Waals surface area (Å²) >= 11 is 1.50. The molecule has 2 aromatic rings. The molecule has 5 nitrogen and oxygen atoms in total. The Morgan fingerprint density at radius 3 is 2.82 bits per heavy atom. The van der Waals surface area contributed by atoms with Gasteiger partial charge in [-0.3, -0.25) is 9.69 Å². The van der Waals surface area contributed by atoms with E-state index in [4.69, 9.17) is 4.74 Å². The fourth-order valence-corrected chi connectivity index (χ4v) is 3.30. The lowest BCUT2D eigenvalue weighted by molar-refractivity contribution is -0.131. The largest absolute Gasteiger partial charge is 0.497 e. The molecule has 22 heavy (non-hydrogen) atoms. The number of urea groups is 1. The number of carbonyl (C=O) groups is 2. The Labute approximate surface area is 132 Å². The van der Waals surface area contributed by atoms with Crippen molar-refractivity contribution in [2.75, 3.05) is 7.11 Å². The minimum Gasteiger partial charge on any atom is -0.497 e. The molecule has 0 saturated carbocycles. The quantitative estimate of drug-likeness (QED) is 0.882. The number of amides is 3. The molecular formula is C16H16N2O3S. The van der Waals surface area contributed by atoms with Crippen LogP contribution in [0.15, 0.2) is 41.1 Å². The average molecular weight is 316 g/mol. The molecule has 0 radical (unpaired) electrons. The van der Waals surface area contributed by atoms with E-state index in [9.17, 15) is 9.59 Å². The lowest BCUT2D eigenvalue weighted by Gasteiger charge is -2.20. The minimum atomic E-state index is -0.990. The topological polar surface area (TPSA) is 58.6 Å². The number of methoxy groups -OCH3 is 1. The Morgan fingerprint density at radius 2 is 2.14 bits per heavy atom. The smallest absolute Gasteiger partial charge is 0.325 e. The molecule has 1 unspecified atom stereocenters. The summed E-state index contributed by atoms with van der Waals surface area (Å²) < 4.78 is 5.17. The lowest BCUT2D eigenvalue weighted by atomic mass is 9.95. The highest BCUT2D eigenvalue weighted by Gasteiger charge is 2.49. The molecule has 1 N–H and O–H groups in total. The summed E-state index contributed by atoms with van der Waals surface area (Å²) in [5, 5.41) is 6.57. The van der Waals surface area contributed by atoms with Crippen LogP contribution in [-0.4, -0.2) is 23.9 Å². The molecule has 1 aromatic carbocycles. The summed E-state index contributed by atoms with van der Waals surface area (Å²) in [6.45, 7) is 1.96. The van der Waals surface area contributed by atoms with Crippen molar-refractivity contribution in [3.8, 4) is 5.75 Å². The Hall–Kier alpha value is -2.34. The van der Waals surface area contributed by atoms with Crippen molar-refractivity contribution in [2.24, 2.45) is 0 Å². The zero-order valence-electron chi connectivity index (χ0n) is 12.3. The number of carbonyl (C=O) groups excluding carboxylic acids is 2. The molecule has 1 aromatic heterocycles. The van der Waals surface area contributed by atoms with E-state index in [1.807, 2.05) is 41.1 Å². The van der Waals surface area contributed by atoms with Gasteiger partial charge in [0.25, 0.3) is 5.91 Å². The van der Waals surface area contributed by atoms with E-state index < -0.39 is 5.54 Å². The number of hydrogen-bond donors (Lipinski definition) is 1. The summed E-state index contributed by atoms with van der Waals surface area (Å²) in [7, 11) is 1.58. The third-order valence-electron chi connectivity index (χ3n) is 3.85. The van der Waals surface area contributed by atoms with Gasteiger partial charge < -0.3 is 10.1 Å². The molecule has 1 saturated heterocycles. The van der Waals surface area contributed by atoms with Crippen molar-refractivity contribution < 1.29 is 14.3 Å². The van der Waals surface area contributed by atoms with Crippen LogP contribution in [0.25, 0.3) is 0 Å². The number of nitrogens with one attached hydrogen (secondary N) is 1. The van der Waals surface area contributed by atoms with Gasteiger partial charge in [-0.25, -0.2) is 4.79 Å². The van der Waals surface area contributed by atoms with E-state index in [-0.39, 0.29) is 18.5 Å². The van der Waals surface area contributed by atoms with Crippen LogP contribution in [0.1, 0.15) is 18.1 Å². The van der Waals surface area contributed by atoms with Gasteiger partial charge in [0.2, 0.25) is 0 Å². The maximum Gasteiger partial charge on any atom is 0.325 e. The van der Waals surface area contributed by atoms with Crippen LogP contribution >= 0.6 is 11.3 Å². The Bertz CT molecular complexity index is 714. The summed E-state index contributed by atoms with van der Waals surface area (Å²) in [4.78, 5) is 26.2. The van der Waals surface area contributed by atoms with E-state index in [1.165, 1.54) is 16.2 Å². The second kappa shape index (κ2) is 5.46. The fourth-order valence-electron chi connectivity index (χ4n) is 2.54. The van der Waals surface area contributed by atoms with Crippen molar-refractivity contribution in [2.45, 2.75) is 19.0 Å². The highest BCUT2D eigenvalue weighted by atomic mass is 32.1. The van der Waals surface area contributed by atoms with E-state index in [1.54, 1.807) is 14.0 Å². The molecule has 1 aliphatic heterocycles. The summed E-state index contributed by atoms with van der Waals surface area (Å²) in [6, 6.07) is 8.83. The summed E-state index contributed by atoms with van der Waals surface area (Å²) in [6.07, 6.45) is 0. The molecule has 3 amide bonds. The van der Waals surface area contributed by atoms with Crippen LogP contribution in [0.2, 0.25) is 0 Å². The summed E-state index contributed by atoms with van der Waals surface area (Å²) in [5.74, 6) is 0.462. The minimum absolute atomic E-state index is 0.224. The predicted molar refractivity (Wildman–Crippen MR) is 83.7 cm³/mol. The number of ether oxygens (including phenoxy) is 1. The van der Waals surface area contributed by atoms with Gasteiger partial charge in [0.05, 0.1) is 13.7 Å². The molecule has 1 fully saturated rings. The fraction of sp³-hybridized carbons (Fsp3) is 0.250. The lowest BCUT2D eigenvalue weighted by Crippen LogP contribution is -2.40. The first-order valence-electron chi connectivity index (χ1n) is 6.84. The molecular weight excluding hydrogens is 300 g/mol. The summed E-state index contributed by atoms with van der Waals surface area (Å²) in [5.41, 5.74) is 0.664. The van der Waals surface area contributed by atoms with Crippen molar-refractivity contribution >= 4 is 23.3 Å². The Morgan fingerprint density at radius 1 is 1.32 bits per heavy atom. The van der Waals surface area contributed by atoms with Crippen molar-refractivity contribution in [3.63, 3.8) is 0 Å². The maximum atomic E-state index is 12.7. The van der Waals surface area contributed by atoms with Gasteiger partial charge >= 0.3 is 6.03 Å². The van der Waals surface area contributed by atoms with Gasteiger partial charge in [0.15, 0.2) is 0 Å². The van der Waals surface area contributed by atoms with Crippen LogP contribution in [0.4, 0.5) is 4.79 Å². The first-order valence-corrected chi connectivity index (χ1v) is 7.78. The van der Waals surface area contributed by atoms with Crippen LogP contribution in [0.3, 0.4) is 0 Å². The zero-order chi connectivity index (χ0) is 15.7. The predicted octanol–water partition coefficient (Wildman–Crippen LogP) is 2.72. The SMILES string of the molecule is COc1cccc(CN2C(=O)NC(C)(c3ccsc3)C2=O)c1. The average Bonchev–Trinajstić information content (AvgIpc) is 3.12. The maximum absolute atomic E-state index is 12.7. The molecule has 2 heterocycles. The third-order valence-corrected chi connectivity index (χ3v) is 4.53. The number of rotatable bonds is 4. The normalized spacial score (nSPS) is 21.1. The molecule has 0 aliphatic carbocycles. The number of hydrogen-bond acceptors (Lipinski definition) is 4. The van der Waals surface area contributed by atoms with Gasteiger partial charge in [-0.2, -0.15) is 11.3 Å². The number of benzene rings is 1. The monoisotopic (exact) mass is 316 g/mol. The van der Waals surface area contributed by atoms with Gasteiger partial charge in [-0.1, -0.05) is 12.1 Å². The van der Waals surface area contributed by atoms with Gasteiger partial charge in [-0.15, -0.1) is 0 Å². The standard InChI is InChI=1S/C16H16N2O3S/c1-16(12-6-7-22-10-12)14(19)18(15(20)17-16)9-11-4-3-5-13(8-11)21-2/h3-8,10H,9H2,1-2H3,(H,17,20). The molecule has 1 aliphatic rings. The zero-order valence-corrected chi connectivity index (χ0v) is 13.1. The first kappa shape index (κ1) is 14.6. The number of imide groups is 1. The van der Waals surface area contributed by atoms with Crippen molar-refractivity contribution in [1.29, 1.82) is 0 Å². The number of nitrogens with zero attached hydrogens (tertiary/aromatic N) is 1. The molecule has 3 rings (SSSR count). The van der Waals surface area contributed by atoms with Crippen molar-refractivity contribution in [3.05, 3.63) is 52.2 Å². The first-order chi connectivity index (χ1) is 10.5. The van der Waals surface area contributed by atoms with Crippen LogP contribution in [0.5, 0.6) is 5.75 Å². The Kier molecular flexibility index (Phi) is 3.62. The van der Waals surface area contributed by atoms with E-state index in [0.717, 1.165) is 11.1 Å². The molecule has 1 atom stereocenters. The third kappa shape index (κ3) is 2.35. The number of thiophene rings is 1. The van der Waals surface area contributed by atoms with Gasteiger partial charge in [-0.05, 0) is 47.0 Å². The van der Waals surface area contributed by atoms with Crippen LogP contribution in [-0.2, 0) is 16.9 Å². The van der Waals surface area contributed by atoms with Gasteiger partial charge in [0, 0.05) is 0 Å². The van der Waals surface area contributed by atoms with Gasteiger partial charge in [0.1, 0.15) is 11.3 Å². The molecule has 6 heteroatoms. The highest BCUT2D eigenvalue weighted by Crippen LogP contribution is 2.31. The molecule has 114 valence electrons. The van der Waals surface area contributed by atoms with Crippen molar-refractivity contribution in [1.82, 2.24) is 10.2 Å². The Balaban J connectivity index is 1.86. The van der Waals surface area contributed by atoms with Crippen LogP contribution < -0.4 is 10.1 Å². The van der Waals surface area contributed by atoms with E-state index in [2.05, 4.69) is 5.32 Å². The second-order valence-corrected chi connectivity index (χ2v) is 6.09.